The molecule has 0 N–H and O–H groups in total. The lowest BCUT2D eigenvalue weighted by molar-refractivity contribution is -0.0302. The zero-order valence-electron chi connectivity index (χ0n) is 14.7. The van der Waals surface area contributed by atoms with E-state index >= 15 is 0 Å². The average Bonchev–Trinajstić information content (AvgIpc) is 2.62. The highest BCUT2D eigenvalue weighted by molar-refractivity contribution is 6.02. The third-order valence-corrected chi connectivity index (χ3v) is 4.27. The van der Waals surface area contributed by atoms with E-state index in [1.165, 1.54) is 4.68 Å². The summed E-state index contributed by atoms with van der Waals surface area (Å²) >= 11 is 0. The van der Waals surface area contributed by atoms with Crippen molar-refractivity contribution in [3.05, 3.63) is 40.3 Å². The minimum atomic E-state index is -0.511. The Morgan fingerprint density at radius 3 is 2.76 bits per heavy atom. The molecule has 1 aliphatic rings. The number of hydrogen-bond donors (Lipinski definition) is 0. The van der Waals surface area contributed by atoms with Gasteiger partial charge in [-0.3, -0.25) is 4.79 Å². The van der Waals surface area contributed by atoms with E-state index in [0.29, 0.717) is 23.9 Å². The van der Waals surface area contributed by atoms with Crippen LogP contribution in [0.4, 0.5) is 0 Å². The van der Waals surface area contributed by atoms with Crippen LogP contribution in [0.5, 0.6) is 0 Å². The minimum Gasteiger partial charge on any atom is -0.458 e. The maximum atomic E-state index is 12.6. The van der Waals surface area contributed by atoms with Gasteiger partial charge in [-0.1, -0.05) is 32.0 Å². The second-order valence-corrected chi connectivity index (χ2v) is 6.86. The first-order chi connectivity index (χ1) is 12.1. The number of carbonyl (C=O) groups is 1. The van der Waals surface area contributed by atoms with E-state index < -0.39 is 5.97 Å². The van der Waals surface area contributed by atoms with Crippen LogP contribution in [0.1, 0.15) is 43.6 Å². The highest BCUT2D eigenvalue weighted by atomic mass is 16.6. The molecule has 25 heavy (non-hydrogen) atoms. The lowest BCUT2D eigenvalue weighted by atomic mass is 10.1. The van der Waals surface area contributed by atoms with E-state index in [-0.39, 0.29) is 29.9 Å². The van der Waals surface area contributed by atoms with Crippen molar-refractivity contribution in [2.24, 2.45) is 5.92 Å². The van der Waals surface area contributed by atoms with Crippen LogP contribution in [0, 0.1) is 5.92 Å². The van der Waals surface area contributed by atoms with Crippen molar-refractivity contribution in [3.63, 3.8) is 0 Å². The van der Waals surface area contributed by atoms with E-state index in [1.807, 2.05) is 13.8 Å². The average molecular weight is 344 g/mol. The molecule has 0 bridgehead atoms. The van der Waals surface area contributed by atoms with E-state index in [9.17, 15) is 9.59 Å². The molecule has 1 fully saturated rings. The van der Waals surface area contributed by atoms with Crippen molar-refractivity contribution in [2.75, 3.05) is 13.2 Å². The number of fused-ring (bicyclic) bond motifs is 1. The van der Waals surface area contributed by atoms with E-state index in [4.69, 9.17) is 9.47 Å². The zero-order chi connectivity index (χ0) is 17.8. The Hall–Kier alpha value is -2.21. The number of hydrogen-bond acceptors (Lipinski definition) is 5. The molecule has 2 heterocycles. The fourth-order valence-electron chi connectivity index (χ4n) is 3.03. The lowest BCUT2D eigenvalue weighted by Crippen LogP contribution is -2.30. The minimum absolute atomic E-state index is 0.0504. The van der Waals surface area contributed by atoms with Crippen LogP contribution < -0.4 is 5.56 Å². The Morgan fingerprint density at radius 1 is 1.32 bits per heavy atom. The summed E-state index contributed by atoms with van der Waals surface area (Å²) < 4.78 is 12.4. The van der Waals surface area contributed by atoms with Gasteiger partial charge in [0, 0.05) is 18.5 Å². The summed E-state index contributed by atoms with van der Waals surface area (Å²) in [5, 5.41) is 5.31. The Labute approximate surface area is 146 Å². The molecule has 0 spiro atoms. The molecule has 3 rings (SSSR count). The van der Waals surface area contributed by atoms with Gasteiger partial charge < -0.3 is 9.47 Å². The van der Waals surface area contributed by atoms with Crippen LogP contribution in [0.15, 0.2) is 29.1 Å². The van der Waals surface area contributed by atoms with Gasteiger partial charge in [0.25, 0.3) is 5.56 Å². The molecule has 0 radical (unpaired) electrons. The topological polar surface area (TPSA) is 70.4 Å². The second kappa shape index (κ2) is 7.78. The number of carbonyl (C=O) groups excluding carboxylic acids is 1. The fraction of sp³-hybridized carbons (Fsp3) is 0.526. The summed E-state index contributed by atoms with van der Waals surface area (Å²) in [6, 6.07) is 7.03. The second-order valence-electron chi connectivity index (χ2n) is 6.86. The van der Waals surface area contributed by atoms with Gasteiger partial charge >= 0.3 is 5.97 Å². The zero-order valence-corrected chi connectivity index (χ0v) is 14.7. The first-order valence-corrected chi connectivity index (χ1v) is 8.85. The molecule has 1 atom stereocenters. The highest BCUT2D eigenvalue weighted by Gasteiger charge is 2.21. The summed E-state index contributed by atoms with van der Waals surface area (Å²) in [6.45, 7) is 5.39. The number of benzene rings is 1. The first kappa shape index (κ1) is 17.6. The molecule has 1 saturated heterocycles. The summed E-state index contributed by atoms with van der Waals surface area (Å²) in [4.78, 5) is 25.2. The molecular formula is C19H24N2O4. The van der Waals surface area contributed by atoms with Crippen molar-refractivity contribution in [2.45, 2.75) is 45.8 Å². The van der Waals surface area contributed by atoms with Crippen LogP contribution in [0.3, 0.4) is 0 Å². The van der Waals surface area contributed by atoms with E-state index in [2.05, 4.69) is 5.10 Å². The van der Waals surface area contributed by atoms with Crippen molar-refractivity contribution in [3.8, 4) is 0 Å². The van der Waals surface area contributed by atoms with Crippen molar-refractivity contribution >= 4 is 16.7 Å². The Kier molecular flexibility index (Phi) is 5.48. The van der Waals surface area contributed by atoms with Crippen molar-refractivity contribution < 1.29 is 14.3 Å². The molecule has 1 aliphatic heterocycles. The Morgan fingerprint density at radius 2 is 2.08 bits per heavy atom. The van der Waals surface area contributed by atoms with Crippen molar-refractivity contribution in [1.29, 1.82) is 0 Å². The van der Waals surface area contributed by atoms with Gasteiger partial charge in [-0.25, -0.2) is 9.48 Å². The van der Waals surface area contributed by atoms with Crippen molar-refractivity contribution in [1.82, 2.24) is 9.78 Å². The number of rotatable bonds is 5. The molecule has 0 saturated carbocycles. The van der Waals surface area contributed by atoms with Crippen LogP contribution in [0.25, 0.3) is 10.8 Å². The molecule has 0 amide bonds. The molecule has 1 aromatic heterocycles. The molecule has 0 aliphatic carbocycles. The summed E-state index contributed by atoms with van der Waals surface area (Å²) in [7, 11) is 0. The first-order valence-electron chi connectivity index (χ1n) is 8.85. The quantitative estimate of drug-likeness (QED) is 0.780. The summed E-state index contributed by atoms with van der Waals surface area (Å²) in [5.41, 5.74) is 0.00289. The predicted molar refractivity (Wildman–Crippen MR) is 94.7 cm³/mol. The van der Waals surface area contributed by atoms with Crippen LogP contribution in [-0.4, -0.2) is 35.1 Å². The Bertz CT molecular complexity index is 807. The van der Waals surface area contributed by atoms with Gasteiger partial charge in [-0.05, 0) is 31.2 Å². The number of nitrogens with zero attached hydrogens (tertiary/aromatic N) is 2. The molecule has 1 aromatic carbocycles. The van der Waals surface area contributed by atoms with Gasteiger partial charge in [0.15, 0.2) is 5.69 Å². The maximum Gasteiger partial charge on any atom is 0.359 e. The van der Waals surface area contributed by atoms with Crippen LogP contribution in [0.2, 0.25) is 0 Å². The third-order valence-electron chi connectivity index (χ3n) is 4.27. The summed E-state index contributed by atoms with van der Waals surface area (Å²) in [5.74, 6) is -0.270. The third kappa shape index (κ3) is 4.07. The predicted octanol–water partition coefficient (Wildman–Crippen LogP) is 2.78. The van der Waals surface area contributed by atoms with Gasteiger partial charge in [0.05, 0.1) is 11.5 Å². The van der Waals surface area contributed by atoms with Gasteiger partial charge in [0.2, 0.25) is 0 Å². The molecule has 0 unspecified atom stereocenters. The normalized spacial score (nSPS) is 17.8. The fourth-order valence-corrected chi connectivity index (χ4v) is 3.03. The van der Waals surface area contributed by atoms with Gasteiger partial charge in [0.1, 0.15) is 6.61 Å². The largest absolute Gasteiger partial charge is 0.458 e. The summed E-state index contributed by atoms with van der Waals surface area (Å²) in [6.07, 6.45) is 2.99. The maximum absolute atomic E-state index is 12.6. The lowest BCUT2D eigenvalue weighted by Gasteiger charge is -2.22. The Balaban J connectivity index is 1.89. The highest BCUT2D eigenvalue weighted by Crippen LogP contribution is 2.17. The van der Waals surface area contributed by atoms with Gasteiger partial charge in [-0.2, -0.15) is 5.10 Å². The SMILES string of the molecule is CC(C)Cn1nc(C(=O)OC[C@H]2CCCCO2)c2ccccc2c1=O. The van der Waals surface area contributed by atoms with Crippen LogP contribution in [-0.2, 0) is 16.0 Å². The molecule has 6 nitrogen and oxygen atoms in total. The van der Waals surface area contributed by atoms with E-state index in [0.717, 1.165) is 19.3 Å². The standard InChI is InChI=1S/C19H24N2O4/c1-13(2)11-21-18(22)16-9-4-3-8-15(16)17(20-21)19(23)25-12-14-7-5-6-10-24-14/h3-4,8-9,13-14H,5-7,10-12H2,1-2H3/t14-/m1/s1. The number of esters is 1. The molecule has 2 aromatic rings. The monoisotopic (exact) mass is 344 g/mol. The molecule has 6 heteroatoms. The number of ether oxygens (including phenoxy) is 2. The smallest absolute Gasteiger partial charge is 0.359 e. The van der Waals surface area contributed by atoms with Gasteiger partial charge in [-0.15, -0.1) is 0 Å². The molecule has 134 valence electrons. The molecular weight excluding hydrogens is 320 g/mol. The number of aromatic nitrogens is 2. The van der Waals surface area contributed by atoms with Crippen LogP contribution >= 0.6 is 0 Å². The van der Waals surface area contributed by atoms with E-state index in [1.54, 1.807) is 24.3 Å².